The third kappa shape index (κ3) is 4.07. The Morgan fingerprint density at radius 1 is 1.18 bits per heavy atom. The lowest BCUT2D eigenvalue weighted by Crippen LogP contribution is -2.38. The van der Waals surface area contributed by atoms with E-state index < -0.39 is 11.9 Å². The highest BCUT2D eigenvalue weighted by Crippen LogP contribution is 2.32. The van der Waals surface area contributed by atoms with Gasteiger partial charge in [0.2, 0.25) is 11.8 Å². The van der Waals surface area contributed by atoms with Gasteiger partial charge in [-0.1, -0.05) is 18.2 Å². The van der Waals surface area contributed by atoms with E-state index in [9.17, 15) is 14.4 Å². The second kappa shape index (κ2) is 7.06. The number of anilines is 1. The largest absolute Gasteiger partial charge is 0.481 e. The number of nitrogens with one attached hydrogen (secondary N) is 1. The maximum absolute atomic E-state index is 12.3. The van der Waals surface area contributed by atoms with Gasteiger partial charge in [0.1, 0.15) is 0 Å². The monoisotopic (exact) mass is 304 g/mol. The molecule has 2 atom stereocenters. The predicted octanol–water partition coefficient (Wildman–Crippen LogP) is 1.58. The van der Waals surface area contributed by atoms with Crippen molar-refractivity contribution in [3.8, 4) is 0 Å². The highest BCUT2D eigenvalue weighted by molar-refractivity contribution is 5.94. The molecule has 0 unspecified atom stereocenters. The average molecular weight is 304 g/mol. The van der Waals surface area contributed by atoms with Crippen LogP contribution in [0.2, 0.25) is 0 Å². The molecule has 1 aromatic rings. The minimum Gasteiger partial charge on any atom is -0.481 e. The molecule has 0 saturated heterocycles. The number of carbonyl (C=O) groups is 3. The normalized spacial score (nSPS) is 20.4. The first kappa shape index (κ1) is 16.0. The van der Waals surface area contributed by atoms with Crippen molar-refractivity contribution < 1.29 is 19.5 Å². The van der Waals surface area contributed by atoms with Gasteiger partial charge in [0.25, 0.3) is 0 Å². The first-order chi connectivity index (χ1) is 10.5. The molecule has 1 fully saturated rings. The van der Waals surface area contributed by atoms with Crippen molar-refractivity contribution in [3.05, 3.63) is 30.3 Å². The van der Waals surface area contributed by atoms with Gasteiger partial charge in [-0.05, 0) is 31.4 Å². The number of carboxylic acids is 1. The zero-order chi connectivity index (χ0) is 16.1. The van der Waals surface area contributed by atoms with Crippen LogP contribution in [0, 0.1) is 11.8 Å². The van der Waals surface area contributed by atoms with Crippen LogP contribution in [0.4, 0.5) is 5.69 Å². The van der Waals surface area contributed by atoms with Gasteiger partial charge in [-0.25, -0.2) is 0 Å². The molecule has 2 N–H and O–H groups in total. The fourth-order valence-corrected chi connectivity index (χ4v) is 2.76. The number of nitrogens with zero attached hydrogens (tertiary/aromatic N) is 1. The number of benzene rings is 1. The van der Waals surface area contributed by atoms with Crippen LogP contribution in [0.1, 0.15) is 19.3 Å². The van der Waals surface area contributed by atoms with Gasteiger partial charge in [0.05, 0.1) is 12.5 Å². The number of likely N-dealkylation sites (N-methyl/N-ethyl adjacent to an activating group) is 1. The standard InChI is InChI=1S/C16H20N2O4/c1-18(10-14(19)17-13-5-3-2-4-6-13)15(20)11-7-8-12(9-11)16(21)22/h2-6,11-12H,7-10H2,1H3,(H,17,19)(H,21,22)/t11-,12+/m1/s1. The average Bonchev–Trinajstić information content (AvgIpc) is 2.97. The Balaban J connectivity index is 1.84. The minimum atomic E-state index is -0.847. The minimum absolute atomic E-state index is 0.0397. The van der Waals surface area contributed by atoms with Crippen molar-refractivity contribution in [1.82, 2.24) is 4.90 Å². The van der Waals surface area contributed by atoms with E-state index in [2.05, 4.69) is 5.32 Å². The van der Waals surface area contributed by atoms with Crippen molar-refractivity contribution >= 4 is 23.5 Å². The van der Waals surface area contributed by atoms with E-state index in [1.807, 2.05) is 18.2 Å². The molecule has 1 saturated carbocycles. The number of carbonyl (C=O) groups excluding carboxylic acids is 2. The lowest BCUT2D eigenvalue weighted by molar-refractivity contribution is -0.142. The molecule has 2 amide bonds. The Labute approximate surface area is 129 Å². The van der Waals surface area contributed by atoms with Crippen molar-refractivity contribution in [2.24, 2.45) is 11.8 Å². The summed E-state index contributed by atoms with van der Waals surface area (Å²) in [6, 6.07) is 9.02. The summed E-state index contributed by atoms with van der Waals surface area (Å²) in [6.45, 7) is -0.0397. The van der Waals surface area contributed by atoms with E-state index in [1.165, 1.54) is 4.90 Å². The van der Waals surface area contributed by atoms with Gasteiger partial charge in [0, 0.05) is 18.7 Å². The molecular weight excluding hydrogens is 284 g/mol. The van der Waals surface area contributed by atoms with Crippen LogP contribution in [-0.4, -0.2) is 41.4 Å². The Hall–Kier alpha value is -2.37. The summed E-state index contributed by atoms with van der Waals surface area (Å²) in [7, 11) is 1.57. The number of amides is 2. The molecule has 0 radical (unpaired) electrons. The van der Waals surface area contributed by atoms with E-state index in [1.54, 1.807) is 19.2 Å². The Morgan fingerprint density at radius 3 is 2.41 bits per heavy atom. The van der Waals surface area contributed by atoms with Gasteiger partial charge < -0.3 is 15.3 Å². The van der Waals surface area contributed by atoms with Crippen LogP contribution in [0.15, 0.2) is 30.3 Å². The SMILES string of the molecule is CN(CC(=O)Nc1ccccc1)C(=O)[C@@H]1CC[C@H](C(=O)O)C1. The summed E-state index contributed by atoms with van der Waals surface area (Å²) >= 11 is 0. The molecular formula is C16H20N2O4. The molecule has 2 rings (SSSR count). The van der Waals surface area contributed by atoms with Gasteiger partial charge in [-0.3, -0.25) is 14.4 Å². The second-order valence-corrected chi connectivity index (χ2v) is 5.65. The summed E-state index contributed by atoms with van der Waals surface area (Å²) in [6.07, 6.45) is 1.45. The van der Waals surface area contributed by atoms with Gasteiger partial charge in [-0.2, -0.15) is 0 Å². The molecule has 0 bridgehead atoms. The highest BCUT2D eigenvalue weighted by atomic mass is 16.4. The molecule has 1 aliphatic rings. The molecule has 1 aromatic carbocycles. The molecule has 1 aliphatic carbocycles. The van der Waals surface area contributed by atoms with Crippen molar-refractivity contribution in [1.29, 1.82) is 0 Å². The van der Waals surface area contributed by atoms with Crippen molar-refractivity contribution in [2.75, 3.05) is 18.9 Å². The fraction of sp³-hybridized carbons (Fsp3) is 0.438. The Morgan fingerprint density at radius 2 is 1.82 bits per heavy atom. The van der Waals surface area contributed by atoms with E-state index >= 15 is 0 Å². The maximum Gasteiger partial charge on any atom is 0.306 e. The van der Waals surface area contributed by atoms with Crippen LogP contribution >= 0.6 is 0 Å². The van der Waals surface area contributed by atoms with Crippen LogP contribution in [0.25, 0.3) is 0 Å². The first-order valence-electron chi connectivity index (χ1n) is 7.30. The summed E-state index contributed by atoms with van der Waals surface area (Å²) in [5.41, 5.74) is 0.681. The van der Waals surface area contributed by atoms with Crippen LogP contribution < -0.4 is 5.32 Å². The number of rotatable bonds is 5. The third-order valence-electron chi connectivity index (χ3n) is 3.95. The first-order valence-corrected chi connectivity index (χ1v) is 7.30. The van der Waals surface area contributed by atoms with E-state index in [0.717, 1.165) is 0 Å². The van der Waals surface area contributed by atoms with Crippen LogP contribution in [0.3, 0.4) is 0 Å². The molecule has 0 aromatic heterocycles. The predicted molar refractivity (Wildman–Crippen MR) is 81.2 cm³/mol. The van der Waals surface area contributed by atoms with Crippen molar-refractivity contribution in [2.45, 2.75) is 19.3 Å². The van der Waals surface area contributed by atoms with E-state index in [4.69, 9.17) is 5.11 Å². The van der Waals surface area contributed by atoms with Gasteiger partial charge >= 0.3 is 5.97 Å². The molecule has 6 heteroatoms. The van der Waals surface area contributed by atoms with E-state index in [-0.39, 0.29) is 24.3 Å². The zero-order valence-corrected chi connectivity index (χ0v) is 12.5. The Kier molecular flexibility index (Phi) is 5.14. The number of hydrogen-bond acceptors (Lipinski definition) is 3. The lowest BCUT2D eigenvalue weighted by atomic mass is 10.0. The number of para-hydroxylation sites is 1. The Bertz CT molecular complexity index is 559. The summed E-state index contributed by atoms with van der Waals surface area (Å²) < 4.78 is 0. The quantitative estimate of drug-likeness (QED) is 0.864. The zero-order valence-electron chi connectivity index (χ0n) is 12.5. The topological polar surface area (TPSA) is 86.7 Å². The third-order valence-corrected chi connectivity index (χ3v) is 3.95. The highest BCUT2D eigenvalue weighted by Gasteiger charge is 2.35. The summed E-state index contributed by atoms with van der Waals surface area (Å²) in [5.74, 6) is -2.02. The molecule has 0 heterocycles. The molecule has 118 valence electrons. The van der Waals surface area contributed by atoms with Crippen LogP contribution in [-0.2, 0) is 14.4 Å². The summed E-state index contributed by atoms with van der Waals surface area (Å²) in [5, 5.41) is 11.7. The lowest BCUT2D eigenvalue weighted by Gasteiger charge is -2.20. The molecule has 22 heavy (non-hydrogen) atoms. The maximum atomic E-state index is 12.3. The second-order valence-electron chi connectivity index (χ2n) is 5.65. The molecule has 6 nitrogen and oxygen atoms in total. The molecule has 0 spiro atoms. The smallest absolute Gasteiger partial charge is 0.306 e. The number of aliphatic carboxylic acids is 1. The number of carboxylic acid groups (broad SMARTS) is 1. The van der Waals surface area contributed by atoms with E-state index in [0.29, 0.717) is 24.9 Å². The number of hydrogen-bond donors (Lipinski definition) is 2. The van der Waals surface area contributed by atoms with Crippen molar-refractivity contribution in [3.63, 3.8) is 0 Å². The van der Waals surface area contributed by atoms with Gasteiger partial charge in [0.15, 0.2) is 0 Å². The molecule has 0 aliphatic heterocycles. The van der Waals surface area contributed by atoms with Gasteiger partial charge in [-0.15, -0.1) is 0 Å². The summed E-state index contributed by atoms with van der Waals surface area (Å²) in [4.78, 5) is 36.5. The van der Waals surface area contributed by atoms with Crippen LogP contribution in [0.5, 0.6) is 0 Å². The fourth-order valence-electron chi connectivity index (χ4n) is 2.76.